The molecule has 3 aliphatic rings. The summed E-state index contributed by atoms with van der Waals surface area (Å²) in [6.45, 7) is 10.7. The molecule has 13 nitrogen and oxygen atoms in total. The first-order valence-corrected chi connectivity index (χ1v) is 14.8. The second kappa shape index (κ2) is 14.1. The summed E-state index contributed by atoms with van der Waals surface area (Å²) in [5.41, 5.74) is 2.27. The highest BCUT2D eigenvalue weighted by Gasteiger charge is 2.43. The van der Waals surface area contributed by atoms with Gasteiger partial charge in [0.2, 0.25) is 5.91 Å². The van der Waals surface area contributed by atoms with Crippen LogP contribution in [0, 0.1) is 23.6 Å². The first-order valence-electron chi connectivity index (χ1n) is 14.8. The number of para-hydroxylation sites is 1. The number of hydrogen-bond acceptors (Lipinski definition) is 9. The number of piperidine rings is 1. The number of nitrogens with one attached hydrogen (secondary N) is 2. The summed E-state index contributed by atoms with van der Waals surface area (Å²) in [6.07, 6.45) is 0.902. The third-order valence-corrected chi connectivity index (χ3v) is 7.71. The SMILES string of the molecule is CC(C)CN(C(=O)C1=C(C(C)C)N(c2ccccc2F)N(/C(=C/C(=O)O)C(=O)O)N1)[C@@H]1CNC[C@H](C(=O)N2CCOCC2)C1. The lowest BCUT2D eigenvalue weighted by molar-refractivity contribution is -0.142. The standard InChI is InChI=1S/C30H41FN6O7/c1-18(2)17-35(21-13-20(15-32-16-21)28(40)34-9-11-44-12-10-34)29(41)26-27(19(3)4)36(23-8-6-5-7-22(23)31)37(33-26)24(30(42)43)14-25(38)39/h5-8,14,18-21,32-33H,9-13,15-17H2,1-4H3,(H,38,39)(H,42,43)/b24-14+/t20-,21+/m1/s1. The van der Waals surface area contributed by atoms with E-state index in [0.717, 1.165) is 5.12 Å². The lowest BCUT2D eigenvalue weighted by Gasteiger charge is -2.40. The van der Waals surface area contributed by atoms with Gasteiger partial charge in [-0.15, -0.1) is 0 Å². The molecule has 2 amide bonds. The van der Waals surface area contributed by atoms with Gasteiger partial charge in [0, 0.05) is 38.8 Å². The minimum Gasteiger partial charge on any atom is -0.478 e. The van der Waals surface area contributed by atoms with E-state index in [2.05, 4.69) is 10.7 Å². The number of allylic oxidation sites excluding steroid dienone is 1. The van der Waals surface area contributed by atoms with Gasteiger partial charge in [0.1, 0.15) is 17.2 Å². The predicted molar refractivity (Wildman–Crippen MR) is 158 cm³/mol. The number of aliphatic carboxylic acids is 2. The maximum atomic E-state index is 15.3. The van der Waals surface area contributed by atoms with Crippen molar-refractivity contribution in [3.8, 4) is 0 Å². The van der Waals surface area contributed by atoms with E-state index in [1.165, 1.54) is 23.2 Å². The lowest BCUT2D eigenvalue weighted by Crippen LogP contribution is -2.56. The summed E-state index contributed by atoms with van der Waals surface area (Å²) in [6, 6.07) is 5.26. The molecule has 0 radical (unpaired) electrons. The molecule has 44 heavy (non-hydrogen) atoms. The van der Waals surface area contributed by atoms with E-state index in [0.29, 0.717) is 58.4 Å². The molecule has 4 N–H and O–H groups in total. The summed E-state index contributed by atoms with van der Waals surface area (Å²) in [7, 11) is 0. The normalized spacial score (nSPS) is 21.2. The number of nitrogens with zero attached hydrogens (tertiary/aromatic N) is 4. The van der Waals surface area contributed by atoms with Crippen LogP contribution in [-0.4, -0.2) is 101 Å². The van der Waals surface area contributed by atoms with Crippen LogP contribution in [0.2, 0.25) is 0 Å². The van der Waals surface area contributed by atoms with Crippen LogP contribution < -0.4 is 15.8 Å². The van der Waals surface area contributed by atoms with Crippen molar-refractivity contribution in [3.63, 3.8) is 0 Å². The Kier molecular flexibility index (Phi) is 10.5. The zero-order valence-corrected chi connectivity index (χ0v) is 25.5. The number of carbonyl (C=O) groups is 4. The van der Waals surface area contributed by atoms with E-state index in [9.17, 15) is 29.4 Å². The van der Waals surface area contributed by atoms with Crippen LogP contribution in [0.25, 0.3) is 0 Å². The first-order chi connectivity index (χ1) is 20.9. The van der Waals surface area contributed by atoms with E-state index in [-0.39, 0.29) is 40.9 Å². The number of amides is 2. The number of halogens is 1. The lowest BCUT2D eigenvalue weighted by atomic mass is 9.92. The van der Waals surface area contributed by atoms with Crippen molar-refractivity contribution in [2.75, 3.05) is 50.9 Å². The smallest absolute Gasteiger partial charge is 0.356 e. The average molecular weight is 617 g/mol. The van der Waals surface area contributed by atoms with E-state index in [4.69, 9.17) is 4.74 Å². The van der Waals surface area contributed by atoms with Gasteiger partial charge in [-0.3, -0.25) is 15.0 Å². The molecule has 1 aromatic rings. The monoisotopic (exact) mass is 616 g/mol. The predicted octanol–water partition coefficient (Wildman–Crippen LogP) is 1.61. The van der Waals surface area contributed by atoms with Crippen LogP contribution in [0.1, 0.15) is 34.1 Å². The number of morpholine rings is 1. The van der Waals surface area contributed by atoms with Crippen molar-refractivity contribution in [2.24, 2.45) is 17.8 Å². The highest BCUT2D eigenvalue weighted by Crippen LogP contribution is 2.36. The van der Waals surface area contributed by atoms with Gasteiger partial charge in [0.05, 0.1) is 30.9 Å². The average Bonchev–Trinajstić information content (AvgIpc) is 3.38. The Labute approximate surface area is 255 Å². The number of carboxylic acids is 2. The second-order valence-corrected chi connectivity index (χ2v) is 11.8. The topological polar surface area (TPSA) is 155 Å². The zero-order chi connectivity index (χ0) is 32.1. The Morgan fingerprint density at radius 2 is 1.77 bits per heavy atom. The van der Waals surface area contributed by atoms with E-state index >= 15 is 4.39 Å². The molecule has 0 unspecified atom stereocenters. The number of benzene rings is 1. The van der Waals surface area contributed by atoms with Crippen molar-refractivity contribution in [3.05, 3.63) is 53.2 Å². The molecule has 0 saturated carbocycles. The molecule has 3 aliphatic heterocycles. The second-order valence-electron chi connectivity index (χ2n) is 11.8. The first kappa shape index (κ1) is 32.7. The Balaban J connectivity index is 1.75. The maximum Gasteiger partial charge on any atom is 0.356 e. The summed E-state index contributed by atoms with van der Waals surface area (Å²) < 4.78 is 20.6. The minimum atomic E-state index is -1.60. The van der Waals surface area contributed by atoms with Gasteiger partial charge in [0.25, 0.3) is 5.91 Å². The molecule has 0 bridgehead atoms. The number of rotatable bonds is 10. The van der Waals surface area contributed by atoms with Gasteiger partial charge >= 0.3 is 11.9 Å². The van der Waals surface area contributed by atoms with Crippen LogP contribution >= 0.6 is 0 Å². The molecule has 0 aliphatic carbocycles. The summed E-state index contributed by atoms with van der Waals surface area (Å²) in [4.78, 5) is 55.3. The fourth-order valence-corrected chi connectivity index (χ4v) is 5.80. The number of carbonyl (C=O) groups excluding carboxylic acids is 2. The molecular weight excluding hydrogens is 575 g/mol. The summed E-state index contributed by atoms with van der Waals surface area (Å²) >= 11 is 0. The zero-order valence-electron chi connectivity index (χ0n) is 25.5. The van der Waals surface area contributed by atoms with E-state index in [1.54, 1.807) is 29.7 Å². The molecule has 14 heteroatoms. The molecule has 240 valence electrons. The molecule has 0 spiro atoms. The molecular formula is C30H41FN6O7. The third-order valence-electron chi connectivity index (χ3n) is 7.71. The molecule has 3 heterocycles. The largest absolute Gasteiger partial charge is 0.478 e. The van der Waals surface area contributed by atoms with Gasteiger partial charge in [-0.1, -0.05) is 39.8 Å². The van der Waals surface area contributed by atoms with Gasteiger partial charge in [-0.2, -0.15) is 5.12 Å². The number of ether oxygens (including phenoxy) is 1. The third kappa shape index (κ3) is 7.13. The van der Waals surface area contributed by atoms with Crippen molar-refractivity contribution in [1.82, 2.24) is 25.7 Å². The Morgan fingerprint density at radius 1 is 1.09 bits per heavy atom. The van der Waals surface area contributed by atoms with E-state index < -0.39 is 35.3 Å². The number of hydrazine groups is 2. The summed E-state index contributed by atoms with van der Waals surface area (Å²) in [5, 5.41) is 24.8. The quantitative estimate of drug-likeness (QED) is 0.284. The van der Waals surface area contributed by atoms with E-state index in [1.807, 2.05) is 13.8 Å². The Morgan fingerprint density at radius 3 is 2.36 bits per heavy atom. The van der Waals surface area contributed by atoms with Crippen molar-refractivity contribution in [2.45, 2.75) is 40.2 Å². The number of carboxylic acid groups (broad SMARTS) is 2. The minimum absolute atomic E-state index is 0.00494. The Bertz CT molecular complexity index is 1330. The molecule has 1 aromatic carbocycles. The molecule has 2 saturated heterocycles. The fraction of sp³-hybridized carbons (Fsp3) is 0.533. The fourth-order valence-electron chi connectivity index (χ4n) is 5.80. The number of hydrogen-bond donors (Lipinski definition) is 4. The van der Waals surface area contributed by atoms with Crippen LogP contribution in [0.5, 0.6) is 0 Å². The number of anilines is 1. The summed E-state index contributed by atoms with van der Waals surface area (Å²) in [5.74, 6) is -5.06. The molecule has 2 fully saturated rings. The molecule has 4 rings (SSSR count). The molecule has 2 atom stereocenters. The van der Waals surface area contributed by atoms with Crippen molar-refractivity contribution in [1.29, 1.82) is 0 Å². The van der Waals surface area contributed by atoms with Gasteiger partial charge in [0.15, 0.2) is 5.70 Å². The Hall–Kier alpha value is -4.17. The van der Waals surface area contributed by atoms with Crippen LogP contribution in [0.4, 0.5) is 10.1 Å². The van der Waals surface area contributed by atoms with Crippen LogP contribution in [0.3, 0.4) is 0 Å². The highest BCUT2D eigenvalue weighted by molar-refractivity contribution is 5.98. The maximum absolute atomic E-state index is 15.3. The van der Waals surface area contributed by atoms with Gasteiger partial charge in [-0.05, 0) is 30.4 Å². The van der Waals surface area contributed by atoms with Gasteiger partial charge < -0.3 is 30.1 Å². The van der Waals surface area contributed by atoms with Crippen molar-refractivity contribution >= 4 is 29.4 Å². The van der Waals surface area contributed by atoms with Gasteiger partial charge in [-0.25, -0.2) is 19.0 Å². The van der Waals surface area contributed by atoms with Crippen molar-refractivity contribution < 1.29 is 38.5 Å². The molecule has 0 aromatic heterocycles. The highest BCUT2D eigenvalue weighted by atomic mass is 19.1. The van der Waals surface area contributed by atoms with Crippen LogP contribution in [-0.2, 0) is 23.9 Å². The van der Waals surface area contributed by atoms with Crippen LogP contribution in [0.15, 0.2) is 47.4 Å².